The van der Waals surface area contributed by atoms with Crippen molar-refractivity contribution in [1.82, 2.24) is 0 Å². The molecule has 0 amide bonds. The van der Waals surface area contributed by atoms with Crippen molar-refractivity contribution in [2.24, 2.45) is 0 Å². The van der Waals surface area contributed by atoms with Gasteiger partial charge in [-0.15, -0.1) is 36.8 Å². The van der Waals surface area contributed by atoms with Crippen LogP contribution < -0.4 is 29.4 Å². The average Bonchev–Trinajstić information content (AvgIpc) is 4.09. The van der Waals surface area contributed by atoms with E-state index in [0.29, 0.717) is 0 Å². The van der Waals surface area contributed by atoms with Crippen LogP contribution in [-0.4, -0.2) is 6.67 Å². The van der Waals surface area contributed by atoms with Gasteiger partial charge in [0.25, 0.3) is 0 Å². The van der Waals surface area contributed by atoms with Crippen LogP contribution in [0.25, 0.3) is 0 Å². The zero-order valence-corrected chi connectivity index (χ0v) is 37.4. The van der Waals surface area contributed by atoms with Crippen molar-refractivity contribution < 1.29 is 19.8 Å². The Hall–Kier alpha value is -7.58. The molecule has 9 aromatic rings. The van der Waals surface area contributed by atoms with Crippen LogP contribution in [0.4, 0.5) is 68.2 Å². The summed E-state index contributed by atoms with van der Waals surface area (Å²) in [7, 11) is 0. The molecule has 6 nitrogen and oxygen atoms in total. The number of para-hydroxylation sites is 12. The minimum atomic E-state index is 0. The summed E-state index contributed by atoms with van der Waals surface area (Å²) in [6, 6.07) is 91.5. The van der Waals surface area contributed by atoms with Crippen LogP contribution in [0, 0.1) is 37.6 Å². The number of hydrogen-bond acceptors (Lipinski definition) is 6. The predicted molar refractivity (Wildman–Crippen MR) is 260 cm³/mol. The Morgan fingerprint density at radius 3 is 0.891 bits per heavy atom. The van der Waals surface area contributed by atoms with E-state index >= 15 is 0 Å². The molecule has 3 heterocycles. The Balaban J connectivity index is 0.000000121. The minimum Gasteiger partial charge on any atom is -0.493 e. The second-order valence-electron chi connectivity index (χ2n) is 14.8. The molecule has 0 spiro atoms. The summed E-state index contributed by atoms with van der Waals surface area (Å²) in [4.78, 5) is 13.3. The molecule has 0 saturated carbocycles. The van der Waals surface area contributed by atoms with Crippen molar-refractivity contribution in [1.29, 1.82) is 0 Å². The van der Waals surface area contributed by atoms with Crippen LogP contribution in [0.3, 0.4) is 0 Å². The van der Waals surface area contributed by atoms with E-state index in [4.69, 9.17) is 0 Å². The number of hydrogen-bond donors (Lipinski definition) is 0. The number of fused-ring (bicyclic) bond motifs is 3. The van der Waals surface area contributed by atoms with Crippen LogP contribution in [-0.2, 0) is 19.8 Å². The van der Waals surface area contributed by atoms with Crippen molar-refractivity contribution in [3.8, 4) is 0 Å². The Morgan fingerprint density at radius 2 is 0.562 bits per heavy atom. The predicted octanol–water partition coefficient (Wildman–Crippen LogP) is 14.3. The van der Waals surface area contributed by atoms with Crippen LogP contribution in [0.15, 0.2) is 231 Å². The fraction of sp³-hybridized carbons (Fsp3) is 0.0175. The molecule has 0 aliphatic carbocycles. The molecule has 3 aliphatic heterocycles. The van der Waals surface area contributed by atoms with E-state index in [-0.39, 0.29) is 19.8 Å². The smallest absolute Gasteiger partial charge is 0.493 e. The number of benzene rings is 9. The largest absolute Gasteiger partial charge is 6.00 e. The quantitative estimate of drug-likeness (QED) is 0.154. The molecule has 0 aromatic heterocycles. The first-order valence-corrected chi connectivity index (χ1v) is 21.0. The number of anilines is 12. The maximum Gasteiger partial charge on any atom is 6.00 e. The van der Waals surface area contributed by atoms with Crippen LogP contribution in [0.1, 0.15) is 0 Å². The summed E-state index contributed by atoms with van der Waals surface area (Å²) in [6.45, 7) is 5.01. The van der Waals surface area contributed by atoms with Gasteiger partial charge < -0.3 is 29.4 Å². The van der Waals surface area contributed by atoms with E-state index in [1.165, 1.54) is 34.1 Å². The first-order chi connectivity index (χ1) is 31.3. The summed E-state index contributed by atoms with van der Waals surface area (Å²) in [5, 5.41) is 0. The third-order valence-electron chi connectivity index (χ3n) is 10.9. The summed E-state index contributed by atoms with van der Waals surface area (Å²) in [5.74, 6) is 0. The van der Waals surface area contributed by atoms with E-state index in [9.17, 15) is 0 Å². The minimum absolute atomic E-state index is 0. The van der Waals surface area contributed by atoms with E-state index in [2.05, 4.69) is 213 Å². The molecule has 0 N–H and O–H groups in total. The summed E-state index contributed by atoms with van der Waals surface area (Å²) in [6.07, 6.45) is 0. The fourth-order valence-electron chi connectivity index (χ4n) is 7.99. The van der Waals surface area contributed by atoms with Crippen LogP contribution >= 0.6 is 0 Å². The SMILES string of the molecule is [Os+6].[c-]1ccccc1N1CN(c2[c-]cccc2)c2ccccc21.[c-]1ccccc1N1[CH-]N(c2ccccc2)c2ccccc21.[c-]1ccccc1N1[CH-]N(c2ccccc2)c2ccccc21. The second kappa shape index (κ2) is 19.6. The van der Waals surface area contributed by atoms with Gasteiger partial charge in [0, 0.05) is 34.1 Å². The van der Waals surface area contributed by atoms with Gasteiger partial charge in [-0.3, -0.25) is 0 Å². The van der Waals surface area contributed by atoms with E-state index < -0.39 is 0 Å². The Kier molecular flexibility index (Phi) is 12.8. The Morgan fingerprint density at radius 1 is 0.281 bits per heavy atom. The van der Waals surface area contributed by atoms with Gasteiger partial charge in [0.2, 0.25) is 0 Å². The zero-order valence-electron chi connectivity index (χ0n) is 34.8. The molecule has 12 rings (SSSR count). The van der Waals surface area contributed by atoms with E-state index in [0.717, 1.165) is 40.8 Å². The van der Waals surface area contributed by atoms with E-state index in [1.807, 2.05) is 84.9 Å². The zero-order chi connectivity index (χ0) is 42.2. The van der Waals surface area contributed by atoms with Crippen LogP contribution in [0.5, 0.6) is 0 Å². The molecule has 0 radical (unpaired) electrons. The standard InChI is InChI=1S/3C19H14N2.Os/c3*1-3-9-16(10-4-1)20-15-21(17-11-5-2-6-12-17)19-14-8-7-13-18(19)20;/h1-9,11,13-14H,15H2;2*1-11,13-15H;/q3*-2;+6. The van der Waals surface area contributed by atoms with Crippen molar-refractivity contribution in [3.63, 3.8) is 0 Å². The summed E-state index contributed by atoms with van der Waals surface area (Å²) in [5.41, 5.74) is 13.7. The molecular weight excluding hydrogens is 959 g/mol. The molecule has 0 atom stereocenters. The number of nitrogens with zero attached hydrogens (tertiary/aromatic N) is 6. The average molecular weight is 1000 g/mol. The van der Waals surface area contributed by atoms with E-state index in [1.54, 1.807) is 0 Å². The van der Waals surface area contributed by atoms with Gasteiger partial charge in [0.1, 0.15) is 0 Å². The molecule has 0 saturated heterocycles. The molecule has 0 fully saturated rings. The first-order valence-electron chi connectivity index (χ1n) is 21.0. The Bertz CT molecular complexity index is 2340. The molecule has 64 heavy (non-hydrogen) atoms. The molecule has 0 unspecified atom stereocenters. The van der Waals surface area contributed by atoms with Gasteiger partial charge >= 0.3 is 19.8 Å². The van der Waals surface area contributed by atoms with Crippen molar-refractivity contribution in [2.75, 3.05) is 36.1 Å². The van der Waals surface area contributed by atoms with Gasteiger partial charge in [-0.25, -0.2) is 0 Å². The third kappa shape index (κ3) is 8.72. The summed E-state index contributed by atoms with van der Waals surface area (Å²) >= 11 is 0. The fourth-order valence-corrected chi connectivity index (χ4v) is 7.99. The first kappa shape index (κ1) is 41.8. The monoisotopic (exact) mass is 1000 g/mol. The third-order valence-corrected chi connectivity index (χ3v) is 10.9. The van der Waals surface area contributed by atoms with Gasteiger partial charge in [0.05, 0.1) is 18.0 Å². The van der Waals surface area contributed by atoms with Crippen LogP contribution in [0.2, 0.25) is 0 Å². The van der Waals surface area contributed by atoms with Crippen molar-refractivity contribution in [2.45, 2.75) is 0 Å². The maximum absolute atomic E-state index is 3.31. The second-order valence-corrected chi connectivity index (χ2v) is 14.8. The Labute approximate surface area is 390 Å². The molecule has 308 valence electrons. The molecule has 0 bridgehead atoms. The number of rotatable bonds is 6. The van der Waals surface area contributed by atoms with Crippen molar-refractivity contribution in [3.05, 3.63) is 268 Å². The summed E-state index contributed by atoms with van der Waals surface area (Å²) < 4.78 is 0. The molecule has 3 aliphatic rings. The van der Waals surface area contributed by atoms with Gasteiger partial charge in [-0.05, 0) is 60.7 Å². The molecule has 9 aromatic carbocycles. The molecule has 7 heteroatoms. The van der Waals surface area contributed by atoms with Crippen molar-refractivity contribution >= 4 is 68.2 Å². The molecular formula is C57H42N6Os. The van der Waals surface area contributed by atoms with Gasteiger partial charge in [-0.1, -0.05) is 84.2 Å². The normalized spacial score (nSPS) is 13.1. The van der Waals surface area contributed by atoms with Gasteiger partial charge in [0.15, 0.2) is 0 Å². The van der Waals surface area contributed by atoms with Gasteiger partial charge in [-0.2, -0.15) is 109 Å². The topological polar surface area (TPSA) is 19.4 Å². The maximum atomic E-state index is 3.31.